The average molecular weight is 568 g/mol. The van der Waals surface area contributed by atoms with Crippen molar-refractivity contribution in [3.05, 3.63) is 35.5 Å². The van der Waals surface area contributed by atoms with Crippen LogP contribution in [0.3, 0.4) is 0 Å². The number of hydrogen-bond donors (Lipinski definition) is 2. The zero-order chi connectivity index (χ0) is 27.4. The summed E-state index contributed by atoms with van der Waals surface area (Å²) in [6, 6.07) is 0. The lowest BCUT2D eigenvalue weighted by Crippen LogP contribution is -2.36. The molecule has 0 heterocycles. The van der Waals surface area contributed by atoms with Crippen LogP contribution < -0.4 is 0 Å². The molecule has 3 nitrogen and oxygen atoms in total. The first-order valence-corrected chi connectivity index (χ1v) is 15.7. The number of carbonyl (C=O) groups is 1. The maximum Gasteiger partial charge on any atom is 0.314 e. The van der Waals surface area contributed by atoms with E-state index in [1.54, 1.807) is 5.57 Å². The van der Waals surface area contributed by atoms with Gasteiger partial charge in [0.25, 0.3) is 0 Å². The van der Waals surface area contributed by atoms with Crippen LogP contribution in [0.1, 0.15) is 125 Å². The molecule has 0 saturated heterocycles. The van der Waals surface area contributed by atoms with Crippen LogP contribution in [0.25, 0.3) is 0 Å². The summed E-state index contributed by atoms with van der Waals surface area (Å²) in [7, 11) is 0. The van der Waals surface area contributed by atoms with Crippen LogP contribution in [-0.4, -0.2) is 27.1 Å². The topological polar surface area (TPSA) is 57.5 Å². The fraction of sp³-hybridized carbons (Fsp3) is 0.781. The fourth-order valence-corrected chi connectivity index (χ4v) is 6.80. The second-order valence-corrected chi connectivity index (χ2v) is 12.1. The van der Waals surface area contributed by atoms with Gasteiger partial charge >= 0.3 is 5.97 Å². The van der Waals surface area contributed by atoms with E-state index >= 15 is 0 Å². The molecule has 3 rings (SSSR count). The predicted molar refractivity (Wildman–Crippen MR) is 159 cm³/mol. The summed E-state index contributed by atoms with van der Waals surface area (Å²) in [4.78, 5) is 9.32. The molecule has 5 atom stereocenters. The van der Waals surface area contributed by atoms with Crippen LogP contribution >= 0.6 is 15.9 Å². The molecule has 3 fully saturated rings. The normalized spacial score (nSPS) is 30.4. The van der Waals surface area contributed by atoms with Crippen molar-refractivity contribution in [2.75, 3.05) is 5.33 Å². The third-order valence-electron chi connectivity index (χ3n) is 9.10. The van der Waals surface area contributed by atoms with Crippen LogP contribution in [-0.2, 0) is 4.79 Å². The predicted octanol–water partition coefficient (Wildman–Crippen LogP) is 9.65. The molecule has 3 aliphatic rings. The molecule has 0 bridgehead atoms. The molecule has 208 valence electrons. The summed E-state index contributed by atoms with van der Waals surface area (Å²) in [5.41, 5.74) is 4.64. The Hall–Kier alpha value is -0.870. The molecule has 0 aliphatic heterocycles. The highest BCUT2D eigenvalue weighted by atomic mass is 79.9. The number of fused-ring (bicyclic) bond motifs is 1. The van der Waals surface area contributed by atoms with Gasteiger partial charge in [-0.15, -0.1) is 0 Å². The van der Waals surface area contributed by atoms with Crippen molar-refractivity contribution < 1.29 is 15.0 Å². The van der Waals surface area contributed by atoms with Crippen molar-refractivity contribution in [3.8, 4) is 0 Å². The van der Waals surface area contributed by atoms with Crippen LogP contribution in [0.2, 0.25) is 0 Å². The van der Waals surface area contributed by atoms with Gasteiger partial charge in [0.2, 0.25) is 0 Å². The van der Waals surface area contributed by atoms with Crippen molar-refractivity contribution in [3.63, 3.8) is 0 Å². The first-order valence-electron chi connectivity index (χ1n) is 14.6. The van der Waals surface area contributed by atoms with E-state index in [2.05, 4.69) is 55.4 Å². The number of alkyl halides is 1. The maximum absolute atomic E-state index is 10.3. The smallest absolute Gasteiger partial charge is 0.314 e. The summed E-state index contributed by atoms with van der Waals surface area (Å²) in [6.45, 7) is 17.5. The number of halogens is 1. The molecule has 0 spiro atoms. The summed E-state index contributed by atoms with van der Waals surface area (Å²) in [5, 5.41) is 18.1. The standard InChI is InChI=1S/C28H46O.C2H3BrO2.C2H6/c1-6-27(4,29)19-9-12-22(3)25-17-18-26-24(14-10-20-28(25,26)5)16-15-23-13-8-7-11-21(23)2;3-1-2(4)5;1-2/h15-16,22,25-26,29H,2,6-14,17-20H2,1,3-5H3;1H2,(H,4,5);1-2H3/b23-15-,24-16+;;/t22-,25?,26?,27?,28-;;/m1../s1. The Morgan fingerprint density at radius 3 is 2.42 bits per heavy atom. The van der Waals surface area contributed by atoms with E-state index in [9.17, 15) is 9.90 Å². The van der Waals surface area contributed by atoms with Crippen LogP contribution in [0.5, 0.6) is 0 Å². The van der Waals surface area contributed by atoms with Crippen LogP contribution in [0.4, 0.5) is 0 Å². The first kappa shape index (κ1) is 33.2. The van der Waals surface area contributed by atoms with E-state index in [4.69, 9.17) is 5.11 Å². The Morgan fingerprint density at radius 1 is 1.19 bits per heavy atom. The largest absolute Gasteiger partial charge is 0.481 e. The number of carboxylic acid groups (broad SMARTS) is 1. The van der Waals surface area contributed by atoms with Crippen molar-refractivity contribution in [2.24, 2.45) is 23.2 Å². The lowest BCUT2D eigenvalue weighted by Gasteiger charge is -2.44. The average Bonchev–Trinajstić information content (AvgIpc) is 3.22. The molecular weight excluding hydrogens is 512 g/mol. The first-order chi connectivity index (χ1) is 17.0. The van der Waals surface area contributed by atoms with Gasteiger partial charge < -0.3 is 10.2 Å². The van der Waals surface area contributed by atoms with Gasteiger partial charge in [-0.2, -0.15) is 0 Å². The number of aliphatic hydroxyl groups is 1. The van der Waals surface area contributed by atoms with Gasteiger partial charge in [-0.05, 0) is 106 Å². The minimum absolute atomic E-state index is 0.0347. The Morgan fingerprint density at radius 2 is 1.83 bits per heavy atom. The van der Waals surface area contributed by atoms with E-state index in [1.807, 2.05) is 20.8 Å². The number of hydrogen-bond acceptors (Lipinski definition) is 2. The molecule has 2 N–H and O–H groups in total. The molecule has 3 saturated carbocycles. The van der Waals surface area contributed by atoms with Gasteiger partial charge in [0, 0.05) is 0 Å². The monoisotopic (exact) mass is 566 g/mol. The summed E-state index contributed by atoms with van der Waals surface area (Å²) >= 11 is 2.71. The molecule has 0 aromatic rings. The zero-order valence-electron chi connectivity index (χ0n) is 24.2. The highest BCUT2D eigenvalue weighted by Gasteiger charge is 2.50. The number of aliphatic carboxylic acids is 1. The van der Waals surface area contributed by atoms with Crippen LogP contribution in [0, 0.1) is 23.2 Å². The van der Waals surface area contributed by atoms with Crippen molar-refractivity contribution >= 4 is 21.9 Å². The summed E-state index contributed by atoms with van der Waals surface area (Å²) in [6.07, 6.45) is 21.1. The van der Waals surface area contributed by atoms with E-state index in [0.29, 0.717) is 5.41 Å². The van der Waals surface area contributed by atoms with Gasteiger partial charge in [-0.1, -0.05) is 93.3 Å². The second kappa shape index (κ2) is 16.2. The quantitative estimate of drug-likeness (QED) is 0.287. The van der Waals surface area contributed by atoms with Crippen molar-refractivity contribution in [1.82, 2.24) is 0 Å². The molecular formula is C32H55BrO3. The molecule has 36 heavy (non-hydrogen) atoms. The zero-order valence-corrected chi connectivity index (χ0v) is 25.8. The lowest BCUT2D eigenvalue weighted by atomic mass is 9.60. The Labute approximate surface area is 231 Å². The molecule has 3 unspecified atom stereocenters. The van der Waals surface area contributed by atoms with E-state index < -0.39 is 11.6 Å². The molecule has 0 aromatic heterocycles. The Bertz CT molecular complexity index is 750. The minimum Gasteiger partial charge on any atom is -0.481 e. The molecule has 3 aliphatic carbocycles. The summed E-state index contributed by atoms with van der Waals surface area (Å²) in [5.74, 6) is 1.58. The maximum atomic E-state index is 10.3. The van der Waals surface area contributed by atoms with Gasteiger partial charge in [0.15, 0.2) is 0 Å². The Balaban J connectivity index is 0.000000826. The van der Waals surface area contributed by atoms with Gasteiger partial charge in [0.05, 0.1) is 5.60 Å². The molecule has 0 aromatic carbocycles. The highest BCUT2D eigenvalue weighted by molar-refractivity contribution is 9.09. The number of rotatable bonds is 8. The van der Waals surface area contributed by atoms with Crippen molar-refractivity contribution in [2.45, 2.75) is 131 Å². The van der Waals surface area contributed by atoms with Crippen molar-refractivity contribution in [1.29, 1.82) is 0 Å². The Kier molecular flexibility index (Phi) is 14.9. The second-order valence-electron chi connectivity index (χ2n) is 11.6. The van der Waals surface area contributed by atoms with E-state index in [-0.39, 0.29) is 5.33 Å². The molecule has 0 amide bonds. The van der Waals surface area contributed by atoms with Gasteiger partial charge in [0.1, 0.15) is 5.33 Å². The van der Waals surface area contributed by atoms with E-state index in [0.717, 1.165) is 37.0 Å². The highest BCUT2D eigenvalue weighted by Crippen LogP contribution is 2.60. The van der Waals surface area contributed by atoms with E-state index in [1.165, 1.54) is 75.4 Å². The van der Waals surface area contributed by atoms with Gasteiger partial charge in [-0.25, -0.2) is 0 Å². The third-order valence-corrected chi connectivity index (χ3v) is 9.58. The summed E-state index contributed by atoms with van der Waals surface area (Å²) < 4.78 is 0. The van der Waals surface area contributed by atoms with Gasteiger partial charge in [-0.3, -0.25) is 4.79 Å². The number of carboxylic acids is 1. The fourth-order valence-electron chi connectivity index (χ4n) is 6.80. The molecule has 0 radical (unpaired) electrons. The number of allylic oxidation sites excluding steroid dienone is 5. The lowest BCUT2D eigenvalue weighted by molar-refractivity contribution is -0.133. The SMILES string of the molecule is C=C1CCCC/C1=C/C=C1\CCC[C@@]2(C)C1CCC2[C@H](C)CCCC(C)(O)CC.CC.O=C(O)CBr. The molecule has 4 heteroatoms. The van der Waals surface area contributed by atoms with Crippen LogP contribution in [0.15, 0.2) is 35.5 Å². The minimum atomic E-state index is -0.829. The third kappa shape index (κ3) is 9.78.